The number of amides is 1. The second-order valence-electron chi connectivity index (χ2n) is 5.29. The molecule has 0 aliphatic carbocycles. The van der Waals surface area contributed by atoms with E-state index in [1.165, 1.54) is 0 Å². The van der Waals surface area contributed by atoms with Crippen LogP contribution in [0.15, 0.2) is 0 Å². The van der Waals surface area contributed by atoms with Crippen molar-refractivity contribution in [1.29, 1.82) is 0 Å². The Balaban J connectivity index is 2.24. The topological polar surface area (TPSA) is 44.8 Å². The molecule has 1 atom stereocenters. The fourth-order valence-corrected chi connectivity index (χ4v) is 2.45. The van der Waals surface area contributed by atoms with Gasteiger partial charge in [-0.15, -0.1) is 0 Å². The van der Waals surface area contributed by atoms with Crippen molar-refractivity contribution in [2.24, 2.45) is 0 Å². The molecular formula is C13H27N3O2. The van der Waals surface area contributed by atoms with Crippen molar-refractivity contribution in [3.05, 3.63) is 0 Å². The van der Waals surface area contributed by atoms with Gasteiger partial charge in [0.1, 0.15) is 0 Å². The zero-order chi connectivity index (χ0) is 13.5. The molecule has 0 aromatic rings. The number of carbonyl (C=O) groups is 1. The Morgan fingerprint density at radius 1 is 1.44 bits per heavy atom. The van der Waals surface area contributed by atoms with Crippen molar-refractivity contribution in [1.82, 2.24) is 15.1 Å². The Morgan fingerprint density at radius 2 is 2.06 bits per heavy atom. The Hall–Kier alpha value is -0.810. The molecule has 1 saturated heterocycles. The van der Waals surface area contributed by atoms with Gasteiger partial charge in [0, 0.05) is 31.7 Å². The molecule has 0 saturated carbocycles. The zero-order valence-electron chi connectivity index (χ0n) is 12.1. The van der Waals surface area contributed by atoms with Gasteiger partial charge in [0.2, 0.25) is 0 Å². The summed E-state index contributed by atoms with van der Waals surface area (Å²) in [6.45, 7) is 7.14. The quantitative estimate of drug-likeness (QED) is 0.802. The maximum atomic E-state index is 11.5. The van der Waals surface area contributed by atoms with Crippen molar-refractivity contribution in [2.75, 3.05) is 40.3 Å². The molecule has 1 rings (SSSR count). The molecule has 18 heavy (non-hydrogen) atoms. The van der Waals surface area contributed by atoms with Crippen LogP contribution in [0, 0.1) is 0 Å². The number of nitrogens with one attached hydrogen (secondary N) is 1. The van der Waals surface area contributed by atoms with Crippen molar-refractivity contribution >= 4 is 6.09 Å². The highest BCUT2D eigenvalue weighted by Crippen LogP contribution is 2.12. The van der Waals surface area contributed by atoms with Crippen LogP contribution < -0.4 is 5.32 Å². The van der Waals surface area contributed by atoms with Crippen LogP contribution in [0.5, 0.6) is 0 Å². The average Bonchev–Trinajstić information content (AvgIpc) is 2.29. The lowest BCUT2D eigenvalue weighted by atomic mass is 10.0. The molecule has 1 heterocycles. The summed E-state index contributed by atoms with van der Waals surface area (Å²) in [5.41, 5.74) is 0. The molecule has 5 heteroatoms. The number of nitrogens with zero attached hydrogens (tertiary/aromatic N) is 2. The maximum absolute atomic E-state index is 11.5. The molecule has 0 spiro atoms. The first-order valence-electron chi connectivity index (χ1n) is 6.85. The molecule has 1 N–H and O–H groups in total. The van der Waals surface area contributed by atoms with E-state index in [4.69, 9.17) is 4.74 Å². The molecule has 1 aliphatic rings. The van der Waals surface area contributed by atoms with Crippen LogP contribution >= 0.6 is 0 Å². The molecule has 0 aromatic carbocycles. The van der Waals surface area contributed by atoms with Crippen LogP contribution in [0.4, 0.5) is 4.79 Å². The van der Waals surface area contributed by atoms with Crippen molar-refractivity contribution in [3.8, 4) is 0 Å². The van der Waals surface area contributed by atoms with E-state index >= 15 is 0 Å². The number of piperidine rings is 1. The lowest BCUT2D eigenvalue weighted by molar-refractivity contribution is 0.0940. The van der Waals surface area contributed by atoms with E-state index < -0.39 is 0 Å². The molecule has 0 bridgehead atoms. The summed E-state index contributed by atoms with van der Waals surface area (Å²) in [4.78, 5) is 15.5. The lowest BCUT2D eigenvalue weighted by Gasteiger charge is -2.33. The minimum Gasteiger partial charge on any atom is -0.450 e. The molecule has 0 radical (unpaired) electrons. The van der Waals surface area contributed by atoms with Crippen LogP contribution in [-0.4, -0.2) is 68.3 Å². The Kier molecular flexibility index (Phi) is 6.43. The number of carbonyl (C=O) groups excluding carboxylic acids is 1. The minimum atomic E-state index is -0.169. The maximum Gasteiger partial charge on any atom is 0.409 e. The van der Waals surface area contributed by atoms with Gasteiger partial charge in [0.15, 0.2) is 0 Å². The van der Waals surface area contributed by atoms with Gasteiger partial charge >= 0.3 is 6.09 Å². The fraction of sp³-hybridized carbons (Fsp3) is 0.923. The SMILES string of the molecule is CCOC(=O)N1CCC(NC(C)CN(C)C)CC1. The summed E-state index contributed by atoms with van der Waals surface area (Å²) in [6.07, 6.45) is 1.85. The zero-order valence-corrected chi connectivity index (χ0v) is 12.1. The molecule has 106 valence electrons. The first kappa shape index (κ1) is 15.2. The van der Waals surface area contributed by atoms with E-state index in [0.717, 1.165) is 32.5 Å². The highest BCUT2D eigenvalue weighted by molar-refractivity contribution is 5.67. The van der Waals surface area contributed by atoms with Crippen LogP contribution in [0.3, 0.4) is 0 Å². The highest BCUT2D eigenvalue weighted by atomic mass is 16.6. The van der Waals surface area contributed by atoms with Crippen LogP contribution in [0.25, 0.3) is 0 Å². The third kappa shape index (κ3) is 5.23. The Bertz CT molecular complexity index is 251. The first-order chi connectivity index (χ1) is 8.52. The number of hydrogen-bond acceptors (Lipinski definition) is 4. The third-order valence-electron chi connectivity index (χ3n) is 3.18. The number of rotatable bonds is 5. The lowest BCUT2D eigenvalue weighted by Crippen LogP contribution is -2.49. The molecule has 5 nitrogen and oxygen atoms in total. The number of hydrogen-bond donors (Lipinski definition) is 1. The van der Waals surface area contributed by atoms with Gasteiger partial charge in [-0.1, -0.05) is 0 Å². The monoisotopic (exact) mass is 257 g/mol. The Morgan fingerprint density at radius 3 is 2.56 bits per heavy atom. The van der Waals surface area contributed by atoms with Crippen molar-refractivity contribution < 1.29 is 9.53 Å². The first-order valence-corrected chi connectivity index (χ1v) is 6.85. The summed E-state index contributed by atoms with van der Waals surface area (Å²) in [5.74, 6) is 0. The van der Waals surface area contributed by atoms with Crippen molar-refractivity contribution in [2.45, 2.75) is 38.8 Å². The normalized spacial score (nSPS) is 19.1. The molecular weight excluding hydrogens is 230 g/mol. The molecule has 0 aromatic heterocycles. The number of likely N-dealkylation sites (N-methyl/N-ethyl adjacent to an activating group) is 1. The van der Waals surface area contributed by atoms with E-state index in [-0.39, 0.29) is 6.09 Å². The summed E-state index contributed by atoms with van der Waals surface area (Å²) in [7, 11) is 4.17. The third-order valence-corrected chi connectivity index (χ3v) is 3.18. The van der Waals surface area contributed by atoms with Crippen LogP contribution in [0.2, 0.25) is 0 Å². The molecule has 1 aliphatic heterocycles. The number of ether oxygens (including phenoxy) is 1. The van der Waals surface area contributed by atoms with E-state index in [1.54, 1.807) is 4.90 Å². The Labute approximate surface area is 110 Å². The van der Waals surface area contributed by atoms with Gasteiger partial charge in [-0.25, -0.2) is 4.79 Å². The van der Waals surface area contributed by atoms with E-state index in [2.05, 4.69) is 31.2 Å². The standard InChI is InChI=1S/C13H27N3O2/c1-5-18-13(17)16-8-6-12(7-9-16)14-11(2)10-15(3)4/h11-12,14H,5-10H2,1-4H3. The van der Waals surface area contributed by atoms with Gasteiger partial charge in [0.25, 0.3) is 0 Å². The predicted octanol–water partition coefficient (Wildman–Crippen LogP) is 1.15. The van der Waals surface area contributed by atoms with E-state index in [1.807, 2.05) is 6.92 Å². The largest absolute Gasteiger partial charge is 0.450 e. The van der Waals surface area contributed by atoms with Gasteiger partial charge in [0.05, 0.1) is 6.61 Å². The second kappa shape index (κ2) is 7.59. The average molecular weight is 257 g/mol. The molecule has 1 amide bonds. The van der Waals surface area contributed by atoms with Gasteiger partial charge in [-0.05, 0) is 40.8 Å². The van der Waals surface area contributed by atoms with E-state index in [9.17, 15) is 4.79 Å². The van der Waals surface area contributed by atoms with Crippen LogP contribution in [0.1, 0.15) is 26.7 Å². The fourth-order valence-electron chi connectivity index (χ4n) is 2.45. The summed E-state index contributed by atoms with van der Waals surface area (Å²) in [6, 6.07) is 1.00. The van der Waals surface area contributed by atoms with Crippen LogP contribution in [-0.2, 0) is 4.74 Å². The molecule has 1 unspecified atom stereocenters. The summed E-state index contributed by atoms with van der Waals surface area (Å²) < 4.78 is 5.01. The minimum absolute atomic E-state index is 0.169. The summed E-state index contributed by atoms with van der Waals surface area (Å²) >= 11 is 0. The highest BCUT2D eigenvalue weighted by Gasteiger charge is 2.24. The van der Waals surface area contributed by atoms with Gasteiger partial charge in [-0.2, -0.15) is 0 Å². The smallest absolute Gasteiger partial charge is 0.409 e. The van der Waals surface area contributed by atoms with E-state index in [0.29, 0.717) is 18.7 Å². The van der Waals surface area contributed by atoms with Crippen molar-refractivity contribution in [3.63, 3.8) is 0 Å². The van der Waals surface area contributed by atoms with Gasteiger partial charge in [-0.3, -0.25) is 0 Å². The second-order valence-corrected chi connectivity index (χ2v) is 5.29. The van der Waals surface area contributed by atoms with Gasteiger partial charge < -0.3 is 19.9 Å². The predicted molar refractivity (Wildman–Crippen MR) is 72.8 cm³/mol. The summed E-state index contributed by atoms with van der Waals surface area (Å²) in [5, 5.41) is 3.62. The molecule has 1 fully saturated rings. The number of likely N-dealkylation sites (tertiary alicyclic amines) is 1.